The SMILES string of the molecule is COCCNCCNC(=O)Cc1csc(-c2ccc(Cl)cc2Cl)n1. The van der Waals surface area contributed by atoms with E-state index < -0.39 is 0 Å². The first kappa shape index (κ1) is 19.1. The van der Waals surface area contributed by atoms with Crippen LogP contribution in [0.3, 0.4) is 0 Å². The molecule has 0 spiro atoms. The maximum absolute atomic E-state index is 11.9. The molecule has 1 heterocycles. The Morgan fingerprint density at radius 3 is 2.88 bits per heavy atom. The van der Waals surface area contributed by atoms with Crippen LogP contribution in [0.1, 0.15) is 5.69 Å². The number of aromatic nitrogens is 1. The van der Waals surface area contributed by atoms with Gasteiger partial charge in [0.05, 0.1) is 23.7 Å². The summed E-state index contributed by atoms with van der Waals surface area (Å²) >= 11 is 13.5. The molecule has 1 amide bonds. The number of nitrogens with one attached hydrogen (secondary N) is 2. The zero-order valence-electron chi connectivity index (χ0n) is 13.3. The zero-order chi connectivity index (χ0) is 17.4. The van der Waals surface area contributed by atoms with Crippen molar-refractivity contribution in [2.24, 2.45) is 0 Å². The molecule has 0 bridgehead atoms. The molecule has 2 rings (SSSR count). The number of ether oxygens (including phenoxy) is 1. The number of carbonyl (C=O) groups excluding carboxylic acids is 1. The summed E-state index contributed by atoms with van der Waals surface area (Å²) in [7, 11) is 1.66. The van der Waals surface area contributed by atoms with E-state index in [1.165, 1.54) is 11.3 Å². The Morgan fingerprint density at radius 2 is 2.12 bits per heavy atom. The molecule has 1 aromatic heterocycles. The number of rotatable bonds is 9. The standard InChI is InChI=1S/C16H19Cl2N3O2S/c1-23-7-6-19-4-5-20-15(22)9-12-10-24-16(21-12)13-3-2-11(17)8-14(13)18/h2-3,8,10,19H,4-7,9H2,1H3,(H,20,22). The van der Waals surface area contributed by atoms with Gasteiger partial charge in [0.15, 0.2) is 0 Å². The van der Waals surface area contributed by atoms with Crippen molar-refractivity contribution in [3.63, 3.8) is 0 Å². The average Bonchev–Trinajstić information content (AvgIpc) is 2.99. The van der Waals surface area contributed by atoms with Crippen LogP contribution in [-0.4, -0.2) is 44.2 Å². The van der Waals surface area contributed by atoms with Crippen LogP contribution in [0.15, 0.2) is 23.6 Å². The fraction of sp³-hybridized carbons (Fsp3) is 0.375. The van der Waals surface area contributed by atoms with Crippen molar-refractivity contribution >= 4 is 40.4 Å². The number of thiazole rings is 1. The van der Waals surface area contributed by atoms with Gasteiger partial charge in [-0.05, 0) is 18.2 Å². The highest BCUT2D eigenvalue weighted by Gasteiger charge is 2.11. The summed E-state index contributed by atoms with van der Waals surface area (Å²) in [4.78, 5) is 16.4. The molecule has 24 heavy (non-hydrogen) atoms. The molecule has 0 unspecified atom stereocenters. The predicted octanol–water partition coefficient (Wildman–Crippen LogP) is 3.01. The van der Waals surface area contributed by atoms with Gasteiger partial charge in [-0.15, -0.1) is 11.3 Å². The smallest absolute Gasteiger partial charge is 0.226 e. The normalized spacial score (nSPS) is 10.8. The number of methoxy groups -OCH3 is 1. The number of nitrogens with zero attached hydrogens (tertiary/aromatic N) is 1. The lowest BCUT2D eigenvalue weighted by Crippen LogP contribution is -2.33. The minimum atomic E-state index is -0.0532. The van der Waals surface area contributed by atoms with Crippen molar-refractivity contribution in [3.8, 4) is 10.6 Å². The van der Waals surface area contributed by atoms with Crippen LogP contribution in [0, 0.1) is 0 Å². The fourth-order valence-corrected chi connectivity index (χ4v) is 3.40. The van der Waals surface area contributed by atoms with Crippen molar-refractivity contribution in [1.29, 1.82) is 0 Å². The number of hydrogen-bond donors (Lipinski definition) is 2. The Morgan fingerprint density at radius 1 is 1.29 bits per heavy atom. The molecule has 0 aliphatic heterocycles. The summed E-state index contributed by atoms with van der Waals surface area (Å²) < 4.78 is 4.93. The molecule has 0 saturated heterocycles. The van der Waals surface area contributed by atoms with E-state index in [2.05, 4.69) is 15.6 Å². The van der Waals surface area contributed by atoms with Crippen molar-refractivity contribution < 1.29 is 9.53 Å². The lowest BCUT2D eigenvalue weighted by molar-refractivity contribution is -0.120. The molecular weight excluding hydrogens is 369 g/mol. The van der Waals surface area contributed by atoms with E-state index in [-0.39, 0.29) is 12.3 Å². The Labute approximate surface area is 155 Å². The van der Waals surface area contributed by atoms with Gasteiger partial charge in [-0.3, -0.25) is 4.79 Å². The number of hydrogen-bond acceptors (Lipinski definition) is 5. The second-order valence-corrected chi connectivity index (χ2v) is 6.74. The Bertz CT molecular complexity index is 679. The molecule has 0 fully saturated rings. The molecule has 8 heteroatoms. The molecule has 1 aromatic carbocycles. The number of carbonyl (C=O) groups is 1. The highest BCUT2D eigenvalue weighted by molar-refractivity contribution is 7.13. The monoisotopic (exact) mass is 387 g/mol. The van der Waals surface area contributed by atoms with E-state index in [0.717, 1.165) is 22.8 Å². The van der Waals surface area contributed by atoms with E-state index in [4.69, 9.17) is 27.9 Å². The van der Waals surface area contributed by atoms with Gasteiger partial charge < -0.3 is 15.4 Å². The first-order valence-corrected chi connectivity index (χ1v) is 9.10. The summed E-state index contributed by atoms with van der Waals surface area (Å²) in [5.41, 5.74) is 1.55. The van der Waals surface area contributed by atoms with Gasteiger partial charge in [-0.25, -0.2) is 4.98 Å². The third kappa shape index (κ3) is 6.03. The molecule has 2 N–H and O–H groups in total. The Hall–Kier alpha value is -1.18. The van der Waals surface area contributed by atoms with Gasteiger partial charge in [-0.2, -0.15) is 0 Å². The Kier molecular flexibility index (Phi) is 7.94. The van der Waals surface area contributed by atoms with Gasteiger partial charge in [0, 0.05) is 42.7 Å². The van der Waals surface area contributed by atoms with E-state index in [1.807, 2.05) is 11.4 Å². The van der Waals surface area contributed by atoms with Crippen molar-refractivity contribution in [2.45, 2.75) is 6.42 Å². The molecule has 0 aliphatic rings. The first-order chi connectivity index (χ1) is 11.6. The van der Waals surface area contributed by atoms with Crippen LogP contribution in [0.25, 0.3) is 10.6 Å². The maximum Gasteiger partial charge on any atom is 0.226 e. The van der Waals surface area contributed by atoms with Crippen LogP contribution >= 0.6 is 34.5 Å². The molecule has 130 valence electrons. The van der Waals surface area contributed by atoms with Crippen molar-refractivity contribution in [2.75, 3.05) is 33.4 Å². The lowest BCUT2D eigenvalue weighted by Gasteiger charge is -2.05. The highest BCUT2D eigenvalue weighted by atomic mass is 35.5. The second kappa shape index (κ2) is 9.96. The van der Waals surface area contributed by atoms with E-state index in [1.54, 1.807) is 19.2 Å². The maximum atomic E-state index is 11.9. The number of halogens is 2. The van der Waals surface area contributed by atoms with Gasteiger partial charge in [-0.1, -0.05) is 23.2 Å². The number of amides is 1. The molecule has 0 radical (unpaired) electrons. The van der Waals surface area contributed by atoms with Crippen molar-refractivity contribution in [3.05, 3.63) is 39.3 Å². The van der Waals surface area contributed by atoms with Gasteiger partial charge in [0.1, 0.15) is 5.01 Å². The third-order valence-electron chi connectivity index (χ3n) is 3.16. The predicted molar refractivity (Wildman–Crippen MR) is 99.0 cm³/mol. The van der Waals surface area contributed by atoms with Crippen molar-refractivity contribution in [1.82, 2.24) is 15.6 Å². The second-order valence-electron chi connectivity index (χ2n) is 5.04. The fourth-order valence-electron chi connectivity index (χ4n) is 1.99. The van der Waals surface area contributed by atoms with Crippen LogP contribution in [-0.2, 0) is 16.0 Å². The molecule has 0 aliphatic carbocycles. The summed E-state index contributed by atoms with van der Waals surface area (Å²) in [5.74, 6) is -0.0532. The van der Waals surface area contributed by atoms with Gasteiger partial charge in [0.25, 0.3) is 0 Å². The van der Waals surface area contributed by atoms with Crippen LogP contribution in [0.4, 0.5) is 0 Å². The quantitative estimate of drug-likeness (QED) is 0.649. The molecule has 0 saturated carbocycles. The third-order valence-corrected chi connectivity index (χ3v) is 4.63. The largest absolute Gasteiger partial charge is 0.383 e. The minimum absolute atomic E-state index is 0.0532. The summed E-state index contributed by atoms with van der Waals surface area (Å²) in [5, 5.41) is 9.80. The van der Waals surface area contributed by atoms with E-state index in [9.17, 15) is 4.79 Å². The molecule has 2 aromatic rings. The molecular formula is C16H19Cl2N3O2S. The topological polar surface area (TPSA) is 63.2 Å². The summed E-state index contributed by atoms with van der Waals surface area (Å²) in [6, 6.07) is 5.29. The van der Waals surface area contributed by atoms with Crippen LogP contribution < -0.4 is 10.6 Å². The zero-order valence-corrected chi connectivity index (χ0v) is 15.6. The molecule has 0 atom stereocenters. The lowest BCUT2D eigenvalue weighted by atomic mass is 10.2. The molecule has 5 nitrogen and oxygen atoms in total. The minimum Gasteiger partial charge on any atom is -0.383 e. The van der Waals surface area contributed by atoms with Crippen LogP contribution in [0.5, 0.6) is 0 Å². The van der Waals surface area contributed by atoms with E-state index in [0.29, 0.717) is 29.7 Å². The first-order valence-electron chi connectivity index (χ1n) is 7.46. The average molecular weight is 388 g/mol. The highest BCUT2D eigenvalue weighted by Crippen LogP contribution is 2.32. The van der Waals surface area contributed by atoms with E-state index >= 15 is 0 Å². The Balaban J connectivity index is 1.82. The van der Waals surface area contributed by atoms with Crippen LogP contribution in [0.2, 0.25) is 10.0 Å². The summed E-state index contributed by atoms with van der Waals surface area (Å²) in [6.45, 7) is 2.70. The summed E-state index contributed by atoms with van der Waals surface area (Å²) in [6.07, 6.45) is 0.250. The van der Waals surface area contributed by atoms with Gasteiger partial charge in [0.2, 0.25) is 5.91 Å². The number of benzene rings is 1. The van der Waals surface area contributed by atoms with Gasteiger partial charge >= 0.3 is 0 Å².